The molecule has 0 fully saturated rings. The Morgan fingerprint density at radius 2 is 2.38 bits per heavy atom. The molecular weight excluding hydrogens is 206 g/mol. The predicted octanol–water partition coefficient (Wildman–Crippen LogP) is 0.565. The van der Waals surface area contributed by atoms with E-state index in [9.17, 15) is 4.79 Å². The van der Waals surface area contributed by atoms with Crippen LogP contribution < -0.4 is 10.6 Å². The van der Waals surface area contributed by atoms with Crippen molar-refractivity contribution in [3.05, 3.63) is 24.0 Å². The molecule has 88 valence electrons. The number of methoxy groups -OCH3 is 1. The molecule has 0 saturated heterocycles. The van der Waals surface area contributed by atoms with E-state index >= 15 is 0 Å². The van der Waals surface area contributed by atoms with Gasteiger partial charge in [-0.2, -0.15) is 0 Å². The number of rotatable bonds is 6. The normalized spacial score (nSPS) is 10.1. The minimum atomic E-state index is -0.0767. The fraction of sp³-hybridized carbons (Fsp3) is 0.455. The number of hydrogen-bond acceptors (Lipinski definition) is 4. The van der Waals surface area contributed by atoms with Crippen LogP contribution in [0.1, 0.15) is 5.69 Å². The molecule has 1 rings (SSSR count). The zero-order valence-electron chi connectivity index (χ0n) is 9.62. The first-order chi connectivity index (χ1) is 7.74. The molecule has 5 heteroatoms. The number of aryl methyl sites for hydroxylation is 1. The molecule has 0 atom stereocenters. The second-order valence-corrected chi connectivity index (χ2v) is 3.35. The van der Waals surface area contributed by atoms with Crippen LogP contribution in [0.3, 0.4) is 0 Å². The lowest BCUT2D eigenvalue weighted by molar-refractivity contribution is -0.115. The fourth-order valence-corrected chi connectivity index (χ4v) is 1.19. The van der Waals surface area contributed by atoms with Gasteiger partial charge in [0.2, 0.25) is 5.91 Å². The summed E-state index contributed by atoms with van der Waals surface area (Å²) in [6.07, 6.45) is 1.70. The van der Waals surface area contributed by atoms with E-state index in [1.165, 1.54) is 0 Å². The Kier molecular flexibility index (Phi) is 5.45. The fourth-order valence-electron chi connectivity index (χ4n) is 1.19. The number of hydrogen-bond donors (Lipinski definition) is 2. The van der Waals surface area contributed by atoms with Crippen LogP contribution in [0, 0.1) is 6.92 Å². The van der Waals surface area contributed by atoms with Crippen LogP contribution in [-0.4, -0.2) is 37.7 Å². The molecule has 0 aliphatic rings. The lowest BCUT2D eigenvalue weighted by atomic mass is 10.3. The molecule has 0 bridgehead atoms. The first-order valence-electron chi connectivity index (χ1n) is 5.15. The Balaban J connectivity index is 2.32. The number of carbonyl (C=O) groups is 1. The minimum absolute atomic E-state index is 0.0767. The molecule has 5 nitrogen and oxygen atoms in total. The summed E-state index contributed by atoms with van der Waals surface area (Å²) in [6.45, 7) is 3.39. The maximum Gasteiger partial charge on any atom is 0.238 e. The van der Waals surface area contributed by atoms with Crippen LogP contribution in [0.4, 0.5) is 5.69 Å². The Labute approximate surface area is 95.2 Å². The molecule has 16 heavy (non-hydrogen) atoms. The molecule has 2 N–H and O–H groups in total. The van der Waals surface area contributed by atoms with E-state index in [-0.39, 0.29) is 12.5 Å². The number of amides is 1. The lowest BCUT2D eigenvalue weighted by Gasteiger charge is -2.07. The molecule has 1 aromatic heterocycles. The van der Waals surface area contributed by atoms with Gasteiger partial charge in [-0.1, -0.05) is 0 Å². The largest absolute Gasteiger partial charge is 0.383 e. The summed E-state index contributed by atoms with van der Waals surface area (Å²) >= 11 is 0. The number of aromatic nitrogens is 1. The highest BCUT2D eigenvalue weighted by molar-refractivity contribution is 5.92. The molecule has 0 radical (unpaired) electrons. The summed E-state index contributed by atoms with van der Waals surface area (Å²) in [6, 6.07) is 3.62. The average Bonchev–Trinajstić information content (AvgIpc) is 2.28. The SMILES string of the molecule is COCCNCC(=O)Nc1cccnc1C. The van der Waals surface area contributed by atoms with E-state index in [0.717, 1.165) is 11.4 Å². The van der Waals surface area contributed by atoms with Crippen LogP contribution >= 0.6 is 0 Å². The van der Waals surface area contributed by atoms with Gasteiger partial charge in [0.15, 0.2) is 0 Å². The molecule has 0 aliphatic carbocycles. The molecular formula is C11H17N3O2. The second kappa shape index (κ2) is 6.92. The molecule has 0 spiro atoms. The summed E-state index contributed by atoms with van der Waals surface area (Å²) in [4.78, 5) is 15.6. The quantitative estimate of drug-likeness (QED) is 0.692. The number of nitrogens with one attached hydrogen (secondary N) is 2. The van der Waals surface area contributed by atoms with Crippen LogP contribution in [0.2, 0.25) is 0 Å². The highest BCUT2D eigenvalue weighted by atomic mass is 16.5. The van der Waals surface area contributed by atoms with Gasteiger partial charge in [-0.05, 0) is 19.1 Å². The van der Waals surface area contributed by atoms with Gasteiger partial charge in [-0.3, -0.25) is 9.78 Å². The standard InChI is InChI=1S/C11H17N3O2/c1-9-10(4-3-5-13-9)14-11(15)8-12-6-7-16-2/h3-5,12H,6-8H2,1-2H3,(H,14,15). The van der Waals surface area contributed by atoms with Gasteiger partial charge < -0.3 is 15.4 Å². The van der Waals surface area contributed by atoms with E-state index in [4.69, 9.17) is 4.74 Å². The summed E-state index contributed by atoms with van der Waals surface area (Å²) in [5.74, 6) is -0.0767. The van der Waals surface area contributed by atoms with Gasteiger partial charge in [0.05, 0.1) is 24.5 Å². The third-order valence-corrected chi connectivity index (χ3v) is 2.05. The Bertz CT molecular complexity index is 342. The molecule has 1 amide bonds. The maximum absolute atomic E-state index is 11.5. The molecule has 1 aromatic rings. The van der Waals surface area contributed by atoms with Crippen molar-refractivity contribution in [1.82, 2.24) is 10.3 Å². The van der Waals surface area contributed by atoms with Gasteiger partial charge >= 0.3 is 0 Å². The van der Waals surface area contributed by atoms with Gasteiger partial charge in [0.25, 0.3) is 0 Å². The van der Waals surface area contributed by atoms with Crippen molar-refractivity contribution in [2.45, 2.75) is 6.92 Å². The van der Waals surface area contributed by atoms with E-state index in [2.05, 4.69) is 15.6 Å². The van der Waals surface area contributed by atoms with Gasteiger partial charge in [-0.25, -0.2) is 0 Å². The van der Waals surface area contributed by atoms with E-state index in [1.807, 2.05) is 13.0 Å². The molecule has 0 aromatic carbocycles. The minimum Gasteiger partial charge on any atom is -0.383 e. The lowest BCUT2D eigenvalue weighted by Crippen LogP contribution is -2.30. The van der Waals surface area contributed by atoms with Crippen molar-refractivity contribution in [2.24, 2.45) is 0 Å². The molecule has 0 unspecified atom stereocenters. The van der Waals surface area contributed by atoms with Gasteiger partial charge in [0, 0.05) is 19.9 Å². The number of pyridine rings is 1. The number of ether oxygens (including phenoxy) is 1. The van der Waals surface area contributed by atoms with Gasteiger partial charge in [-0.15, -0.1) is 0 Å². The van der Waals surface area contributed by atoms with Crippen molar-refractivity contribution in [3.63, 3.8) is 0 Å². The van der Waals surface area contributed by atoms with Crippen molar-refractivity contribution in [2.75, 3.05) is 32.1 Å². The maximum atomic E-state index is 11.5. The summed E-state index contributed by atoms with van der Waals surface area (Å²) in [5, 5.41) is 5.75. The highest BCUT2D eigenvalue weighted by Crippen LogP contribution is 2.09. The predicted molar refractivity (Wildman–Crippen MR) is 62.3 cm³/mol. The third-order valence-electron chi connectivity index (χ3n) is 2.05. The van der Waals surface area contributed by atoms with Crippen LogP contribution in [-0.2, 0) is 9.53 Å². The summed E-state index contributed by atoms with van der Waals surface area (Å²) in [5.41, 5.74) is 1.56. The van der Waals surface area contributed by atoms with Crippen molar-refractivity contribution in [3.8, 4) is 0 Å². The van der Waals surface area contributed by atoms with Gasteiger partial charge in [0.1, 0.15) is 0 Å². The molecule has 1 heterocycles. The zero-order valence-corrected chi connectivity index (χ0v) is 9.62. The van der Waals surface area contributed by atoms with Crippen LogP contribution in [0.5, 0.6) is 0 Å². The number of carbonyl (C=O) groups excluding carboxylic acids is 1. The first-order valence-corrected chi connectivity index (χ1v) is 5.15. The Morgan fingerprint density at radius 1 is 1.56 bits per heavy atom. The smallest absolute Gasteiger partial charge is 0.238 e. The summed E-state index contributed by atoms with van der Waals surface area (Å²) < 4.78 is 4.86. The number of nitrogens with zero attached hydrogens (tertiary/aromatic N) is 1. The van der Waals surface area contributed by atoms with Crippen molar-refractivity contribution < 1.29 is 9.53 Å². The third kappa shape index (κ3) is 4.37. The Hall–Kier alpha value is -1.46. The van der Waals surface area contributed by atoms with E-state index in [1.54, 1.807) is 19.4 Å². The number of anilines is 1. The van der Waals surface area contributed by atoms with Crippen LogP contribution in [0.15, 0.2) is 18.3 Å². The first kappa shape index (κ1) is 12.6. The van der Waals surface area contributed by atoms with E-state index in [0.29, 0.717) is 13.2 Å². The van der Waals surface area contributed by atoms with E-state index < -0.39 is 0 Å². The molecule has 0 aliphatic heterocycles. The molecule has 0 saturated carbocycles. The van der Waals surface area contributed by atoms with Crippen molar-refractivity contribution >= 4 is 11.6 Å². The monoisotopic (exact) mass is 223 g/mol. The highest BCUT2D eigenvalue weighted by Gasteiger charge is 2.03. The second-order valence-electron chi connectivity index (χ2n) is 3.35. The topological polar surface area (TPSA) is 63.2 Å². The summed E-state index contributed by atoms with van der Waals surface area (Å²) in [7, 11) is 1.63. The average molecular weight is 223 g/mol. The van der Waals surface area contributed by atoms with Crippen molar-refractivity contribution in [1.29, 1.82) is 0 Å². The zero-order chi connectivity index (χ0) is 11.8. The Morgan fingerprint density at radius 3 is 3.06 bits per heavy atom. The van der Waals surface area contributed by atoms with Crippen LogP contribution in [0.25, 0.3) is 0 Å².